The average molecular weight is 420 g/mol. The van der Waals surface area contributed by atoms with Crippen LogP contribution < -0.4 is 10.6 Å². The summed E-state index contributed by atoms with van der Waals surface area (Å²) in [4.78, 5) is 15.2. The predicted octanol–water partition coefficient (Wildman–Crippen LogP) is 4.18. The van der Waals surface area contributed by atoms with Gasteiger partial charge in [-0.05, 0) is 42.9 Å². The minimum Gasteiger partial charge on any atom is -0.358 e. The maximum absolute atomic E-state index is 12.7. The Morgan fingerprint density at radius 3 is 2.16 bits per heavy atom. The van der Waals surface area contributed by atoms with Crippen molar-refractivity contribution < 1.29 is 4.79 Å². The Bertz CT molecular complexity index is 764. The van der Waals surface area contributed by atoms with E-state index in [-0.39, 0.29) is 17.9 Å². The number of carbonyl (C=O) groups is 1. The molecule has 1 saturated carbocycles. The maximum atomic E-state index is 12.7. The predicted molar refractivity (Wildman–Crippen MR) is 127 cm³/mol. The number of benzene rings is 2. The number of nitrogens with one attached hydrogen (secondary N) is 2. The molecule has 31 heavy (non-hydrogen) atoms. The van der Waals surface area contributed by atoms with Crippen molar-refractivity contribution in [2.75, 3.05) is 26.7 Å². The van der Waals surface area contributed by atoms with Crippen LogP contribution in [0.1, 0.15) is 55.6 Å². The van der Waals surface area contributed by atoms with Crippen LogP contribution in [0.5, 0.6) is 0 Å². The molecule has 1 heterocycles. The highest BCUT2D eigenvalue weighted by atomic mass is 16.2. The zero-order valence-corrected chi connectivity index (χ0v) is 18.8. The molecule has 0 unspecified atom stereocenters. The number of likely N-dealkylation sites (N-methyl/N-ethyl adjacent to an activating group) is 1. The molecular weight excluding hydrogens is 382 g/mol. The molecule has 2 aromatic rings. The van der Waals surface area contributed by atoms with Gasteiger partial charge in [-0.3, -0.25) is 9.69 Å². The maximum Gasteiger partial charge on any atom is 0.237 e. The van der Waals surface area contributed by atoms with Gasteiger partial charge in [-0.1, -0.05) is 79.9 Å². The highest BCUT2D eigenvalue weighted by molar-refractivity contribution is 5.81. The number of amides is 1. The number of nitrogens with zero attached hydrogens (tertiary/aromatic N) is 1. The number of rotatable bonds is 8. The molecule has 2 fully saturated rings. The normalized spacial score (nSPS) is 22.6. The van der Waals surface area contributed by atoms with Crippen LogP contribution in [0.15, 0.2) is 60.7 Å². The molecule has 1 aliphatic carbocycles. The van der Waals surface area contributed by atoms with Gasteiger partial charge in [0.05, 0.1) is 6.04 Å². The number of hydrogen-bond donors (Lipinski definition) is 2. The van der Waals surface area contributed by atoms with Gasteiger partial charge in [-0.15, -0.1) is 0 Å². The van der Waals surface area contributed by atoms with Crippen molar-refractivity contribution in [3.05, 3.63) is 71.8 Å². The number of hydrogen-bond acceptors (Lipinski definition) is 3. The molecule has 2 aromatic carbocycles. The highest BCUT2D eigenvalue weighted by Gasteiger charge is 2.37. The molecule has 4 nitrogen and oxygen atoms in total. The second kappa shape index (κ2) is 10.9. The third-order valence-corrected chi connectivity index (χ3v) is 7.19. The van der Waals surface area contributed by atoms with Crippen molar-refractivity contribution in [3.8, 4) is 0 Å². The smallest absolute Gasteiger partial charge is 0.237 e. The van der Waals surface area contributed by atoms with Gasteiger partial charge in [-0.2, -0.15) is 0 Å². The molecule has 0 bridgehead atoms. The van der Waals surface area contributed by atoms with Crippen LogP contribution in [0.3, 0.4) is 0 Å². The second-order valence-electron chi connectivity index (χ2n) is 9.30. The first-order valence-electron chi connectivity index (χ1n) is 12.0. The fraction of sp³-hybridized carbons (Fsp3) is 0.519. The molecule has 0 radical (unpaired) electrons. The molecule has 1 saturated heterocycles. The standard InChI is InChI=1S/C27H37N3O/c1-28-27(31)26-17-24(29-18-21-11-5-2-6-12-21)19-30(26)20-25(22-13-7-3-8-14-22)23-15-9-4-10-16-23/h3-4,7-10,13-16,21,24-26,29H,2,5-6,11-12,17-20H2,1H3,(H,28,31)/t24-,26+/m1/s1. The lowest BCUT2D eigenvalue weighted by atomic mass is 9.89. The third-order valence-electron chi connectivity index (χ3n) is 7.19. The Balaban J connectivity index is 1.48. The first kappa shape index (κ1) is 22.0. The summed E-state index contributed by atoms with van der Waals surface area (Å²) in [5.41, 5.74) is 2.62. The molecule has 1 aliphatic heterocycles. The van der Waals surface area contributed by atoms with E-state index in [1.165, 1.54) is 43.2 Å². The van der Waals surface area contributed by atoms with Gasteiger partial charge in [-0.25, -0.2) is 0 Å². The van der Waals surface area contributed by atoms with Crippen LogP contribution in [-0.2, 0) is 4.79 Å². The van der Waals surface area contributed by atoms with Crippen molar-refractivity contribution in [2.24, 2.45) is 5.92 Å². The zero-order valence-electron chi connectivity index (χ0n) is 18.8. The summed E-state index contributed by atoms with van der Waals surface area (Å²) >= 11 is 0. The Labute approximate surface area is 187 Å². The lowest BCUT2D eigenvalue weighted by Crippen LogP contribution is -2.43. The van der Waals surface area contributed by atoms with Crippen molar-refractivity contribution in [1.82, 2.24) is 15.5 Å². The van der Waals surface area contributed by atoms with Gasteiger partial charge in [0, 0.05) is 32.1 Å². The summed E-state index contributed by atoms with van der Waals surface area (Å²) < 4.78 is 0. The molecule has 2 atom stereocenters. The van der Waals surface area contributed by atoms with Gasteiger partial charge >= 0.3 is 0 Å². The summed E-state index contributed by atoms with van der Waals surface area (Å²) in [6.07, 6.45) is 7.74. The topological polar surface area (TPSA) is 44.4 Å². The molecule has 4 rings (SSSR count). The SMILES string of the molecule is CNC(=O)[C@@H]1C[C@@H](NCC2CCCCC2)CN1CC(c1ccccc1)c1ccccc1. The molecule has 2 N–H and O–H groups in total. The van der Waals surface area contributed by atoms with E-state index in [9.17, 15) is 4.79 Å². The molecule has 2 aliphatic rings. The van der Waals surface area contributed by atoms with Crippen LogP contribution in [0.2, 0.25) is 0 Å². The van der Waals surface area contributed by atoms with Crippen molar-refractivity contribution >= 4 is 5.91 Å². The molecule has 4 heteroatoms. The number of carbonyl (C=O) groups excluding carboxylic acids is 1. The number of likely N-dealkylation sites (tertiary alicyclic amines) is 1. The van der Waals surface area contributed by atoms with E-state index in [1.54, 1.807) is 7.05 Å². The zero-order chi connectivity index (χ0) is 21.5. The molecule has 0 aromatic heterocycles. The fourth-order valence-electron chi connectivity index (χ4n) is 5.43. The van der Waals surface area contributed by atoms with Crippen LogP contribution >= 0.6 is 0 Å². The molecular formula is C27H37N3O. The Kier molecular flexibility index (Phi) is 7.76. The summed E-state index contributed by atoms with van der Waals surface area (Å²) in [6, 6.07) is 21.7. The summed E-state index contributed by atoms with van der Waals surface area (Å²) in [7, 11) is 1.76. The lowest BCUT2D eigenvalue weighted by molar-refractivity contribution is -0.125. The second-order valence-corrected chi connectivity index (χ2v) is 9.30. The minimum absolute atomic E-state index is 0.0659. The van der Waals surface area contributed by atoms with Gasteiger partial charge < -0.3 is 10.6 Å². The molecule has 166 valence electrons. The van der Waals surface area contributed by atoms with E-state index in [4.69, 9.17) is 0 Å². The van der Waals surface area contributed by atoms with Crippen LogP contribution in [0.4, 0.5) is 0 Å². The monoisotopic (exact) mass is 419 g/mol. The minimum atomic E-state index is -0.0659. The van der Waals surface area contributed by atoms with E-state index in [2.05, 4.69) is 76.2 Å². The average Bonchev–Trinajstić information content (AvgIpc) is 3.25. The van der Waals surface area contributed by atoms with Crippen LogP contribution in [0, 0.1) is 5.92 Å². The quantitative estimate of drug-likeness (QED) is 0.675. The summed E-state index contributed by atoms with van der Waals surface area (Å²) in [6.45, 7) is 2.88. The molecule has 1 amide bonds. The van der Waals surface area contributed by atoms with Crippen LogP contribution in [0.25, 0.3) is 0 Å². The fourth-order valence-corrected chi connectivity index (χ4v) is 5.43. The third kappa shape index (κ3) is 5.75. The van der Waals surface area contributed by atoms with E-state index in [1.807, 2.05) is 0 Å². The van der Waals surface area contributed by atoms with E-state index >= 15 is 0 Å². The first-order chi connectivity index (χ1) is 15.2. The van der Waals surface area contributed by atoms with Crippen molar-refractivity contribution in [1.29, 1.82) is 0 Å². The summed E-state index contributed by atoms with van der Waals surface area (Å²) in [5, 5.41) is 6.73. The van der Waals surface area contributed by atoms with Gasteiger partial charge in [0.15, 0.2) is 0 Å². The van der Waals surface area contributed by atoms with E-state index < -0.39 is 0 Å². The Hall–Kier alpha value is -2.17. The van der Waals surface area contributed by atoms with Crippen LogP contribution in [-0.4, -0.2) is 49.6 Å². The van der Waals surface area contributed by atoms with Crippen molar-refractivity contribution in [3.63, 3.8) is 0 Å². The van der Waals surface area contributed by atoms with E-state index in [0.717, 1.165) is 32.0 Å². The van der Waals surface area contributed by atoms with Gasteiger partial charge in [0.1, 0.15) is 0 Å². The highest BCUT2D eigenvalue weighted by Crippen LogP contribution is 2.30. The largest absolute Gasteiger partial charge is 0.358 e. The Morgan fingerprint density at radius 2 is 1.58 bits per heavy atom. The van der Waals surface area contributed by atoms with E-state index in [0.29, 0.717) is 6.04 Å². The van der Waals surface area contributed by atoms with Gasteiger partial charge in [0.25, 0.3) is 0 Å². The summed E-state index contributed by atoms with van der Waals surface area (Å²) in [5.74, 6) is 1.20. The Morgan fingerprint density at radius 1 is 0.968 bits per heavy atom. The lowest BCUT2D eigenvalue weighted by Gasteiger charge is -2.29. The van der Waals surface area contributed by atoms with Crippen molar-refractivity contribution in [2.45, 2.75) is 56.5 Å². The first-order valence-corrected chi connectivity index (χ1v) is 12.0. The van der Waals surface area contributed by atoms with Gasteiger partial charge in [0.2, 0.25) is 5.91 Å². The molecule has 0 spiro atoms.